The van der Waals surface area contributed by atoms with E-state index in [0.717, 1.165) is 15.3 Å². The van der Waals surface area contributed by atoms with Crippen LogP contribution in [0.1, 0.15) is 10.4 Å². The van der Waals surface area contributed by atoms with Gasteiger partial charge in [0.05, 0.1) is 11.6 Å². The minimum Gasteiger partial charge on any atom is -0.493 e. The Bertz CT molecular complexity index is 607. The number of amides is 1. The normalized spacial score (nSPS) is 10.2. The lowest BCUT2D eigenvalue weighted by atomic mass is 10.2. The van der Waals surface area contributed by atoms with E-state index in [1.165, 1.54) is 0 Å². The van der Waals surface area contributed by atoms with Crippen LogP contribution in [0.4, 0.5) is 0 Å². The third-order valence-electron chi connectivity index (χ3n) is 2.53. The van der Waals surface area contributed by atoms with Crippen LogP contribution in [0.15, 0.2) is 52.1 Å². The molecule has 0 fully saturated rings. The molecule has 0 aliphatic rings. The predicted octanol–water partition coefficient (Wildman–Crippen LogP) is 2.62. The van der Waals surface area contributed by atoms with Crippen molar-refractivity contribution in [3.8, 4) is 5.75 Å². The Kier molecular flexibility index (Phi) is 6.04. The molecule has 2 aromatic rings. The summed E-state index contributed by atoms with van der Waals surface area (Å²) in [6.45, 7) is 0.524. The van der Waals surface area contributed by atoms with Crippen LogP contribution in [0, 0.1) is 0 Å². The summed E-state index contributed by atoms with van der Waals surface area (Å²) in [5.41, 5.74) is 2.56. The fraction of sp³-hybridized carbons (Fsp3) is 0.143. The highest BCUT2D eigenvalue weighted by atomic mass is 79.9. The fourth-order valence-electron chi connectivity index (χ4n) is 1.56. The number of nitrogens with zero attached hydrogens (tertiary/aromatic N) is 1. The number of carbonyl (C=O) groups excluding carboxylic acids is 1. The molecule has 110 valence electrons. The van der Waals surface area contributed by atoms with Crippen molar-refractivity contribution in [3.63, 3.8) is 0 Å². The Morgan fingerprint density at radius 3 is 2.95 bits per heavy atom. The van der Waals surface area contributed by atoms with Gasteiger partial charge in [0.15, 0.2) is 0 Å². The molecule has 0 saturated heterocycles. The van der Waals surface area contributed by atoms with Crippen LogP contribution in [0.2, 0.25) is 0 Å². The van der Waals surface area contributed by atoms with Gasteiger partial charge in [0.1, 0.15) is 5.75 Å². The number of carbonyl (C=O) groups is 1. The van der Waals surface area contributed by atoms with E-state index in [1.807, 2.05) is 12.1 Å². The molecule has 1 heterocycles. The molecule has 0 atom stereocenters. The molecule has 0 radical (unpaired) electrons. The monoisotopic (exact) mass is 367 g/mol. The lowest BCUT2D eigenvalue weighted by molar-refractivity contribution is 0.0953. The van der Waals surface area contributed by atoms with Gasteiger partial charge in [-0.2, -0.15) is 0 Å². The van der Waals surface area contributed by atoms with Gasteiger partial charge in [-0.05, 0) is 46.3 Å². The number of nitrogen functional groups attached to an aromatic ring is 1. The summed E-state index contributed by atoms with van der Waals surface area (Å²) >= 11 is 4.95. The molecule has 0 aliphatic carbocycles. The number of benzene rings is 1. The SMILES string of the molecule is NNC(=O)c1cccc(OCCSc2ccc(Br)cn2)c1. The molecule has 3 N–H and O–H groups in total. The van der Waals surface area contributed by atoms with Crippen molar-refractivity contribution in [2.24, 2.45) is 5.84 Å². The average Bonchev–Trinajstić information content (AvgIpc) is 2.53. The van der Waals surface area contributed by atoms with Crippen molar-refractivity contribution >= 4 is 33.6 Å². The van der Waals surface area contributed by atoms with Crippen LogP contribution < -0.4 is 16.0 Å². The van der Waals surface area contributed by atoms with Crippen molar-refractivity contribution in [1.82, 2.24) is 10.4 Å². The first-order valence-electron chi connectivity index (χ1n) is 6.17. The zero-order valence-electron chi connectivity index (χ0n) is 11.1. The Hall–Kier alpha value is -1.57. The zero-order valence-corrected chi connectivity index (χ0v) is 13.5. The van der Waals surface area contributed by atoms with Crippen LogP contribution in [0.3, 0.4) is 0 Å². The molecule has 0 saturated carbocycles. The summed E-state index contributed by atoms with van der Waals surface area (Å²) in [5.74, 6) is 6.16. The number of hydrazine groups is 1. The first kappa shape index (κ1) is 15.8. The highest BCUT2D eigenvalue weighted by Gasteiger charge is 2.04. The molecule has 1 aromatic heterocycles. The maximum atomic E-state index is 11.4. The lowest BCUT2D eigenvalue weighted by Gasteiger charge is -2.07. The van der Waals surface area contributed by atoms with Crippen LogP contribution in [0.5, 0.6) is 5.75 Å². The number of hydrogen-bond acceptors (Lipinski definition) is 5. The Morgan fingerprint density at radius 2 is 2.24 bits per heavy atom. The van der Waals surface area contributed by atoms with Crippen molar-refractivity contribution in [3.05, 3.63) is 52.6 Å². The number of nitrogens with two attached hydrogens (primary N) is 1. The van der Waals surface area contributed by atoms with E-state index in [0.29, 0.717) is 17.9 Å². The lowest BCUT2D eigenvalue weighted by Crippen LogP contribution is -2.29. The maximum Gasteiger partial charge on any atom is 0.265 e. The van der Waals surface area contributed by atoms with Crippen molar-refractivity contribution < 1.29 is 9.53 Å². The van der Waals surface area contributed by atoms with Crippen molar-refractivity contribution in [2.75, 3.05) is 12.4 Å². The van der Waals surface area contributed by atoms with E-state index < -0.39 is 0 Å². The minimum atomic E-state index is -0.339. The minimum absolute atomic E-state index is 0.339. The molecule has 7 heteroatoms. The molecule has 0 unspecified atom stereocenters. The van der Waals surface area contributed by atoms with E-state index in [-0.39, 0.29) is 5.91 Å². The molecular formula is C14H14BrN3O2S. The molecule has 0 aliphatic heterocycles. The van der Waals surface area contributed by atoms with Gasteiger partial charge >= 0.3 is 0 Å². The van der Waals surface area contributed by atoms with Crippen LogP contribution in [0.25, 0.3) is 0 Å². The van der Waals surface area contributed by atoms with Gasteiger partial charge < -0.3 is 4.74 Å². The standard InChI is InChI=1S/C14H14BrN3O2S/c15-11-4-5-13(17-9-11)21-7-6-20-12-3-1-2-10(8-12)14(19)18-16/h1-5,8-9H,6-7,16H2,(H,18,19). The Labute approximate surface area is 135 Å². The molecule has 1 amide bonds. The smallest absolute Gasteiger partial charge is 0.265 e. The number of halogens is 1. The Balaban J connectivity index is 1.80. The summed E-state index contributed by atoms with van der Waals surface area (Å²) in [5, 5.41) is 0.943. The molecule has 0 bridgehead atoms. The number of hydrogen-bond donors (Lipinski definition) is 2. The number of rotatable bonds is 6. The fourth-order valence-corrected chi connectivity index (χ4v) is 2.47. The third-order valence-corrected chi connectivity index (χ3v) is 3.91. The maximum absolute atomic E-state index is 11.4. The highest BCUT2D eigenvalue weighted by molar-refractivity contribution is 9.10. The number of ether oxygens (including phenoxy) is 1. The third kappa shape index (κ3) is 5.04. The summed E-state index contributed by atoms with van der Waals surface area (Å²) in [7, 11) is 0. The summed E-state index contributed by atoms with van der Waals surface area (Å²) < 4.78 is 6.56. The second-order valence-corrected chi connectivity index (χ2v) is 6.04. The molecule has 5 nitrogen and oxygen atoms in total. The molecule has 21 heavy (non-hydrogen) atoms. The zero-order chi connectivity index (χ0) is 15.1. The average molecular weight is 368 g/mol. The van der Waals surface area contributed by atoms with Gasteiger partial charge in [-0.25, -0.2) is 10.8 Å². The van der Waals surface area contributed by atoms with Crippen molar-refractivity contribution in [1.29, 1.82) is 0 Å². The molecule has 1 aromatic carbocycles. The van der Waals surface area contributed by atoms with Gasteiger partial charge in [-0.15, -0.1) is 11.8 Å². The predicted molar refractivity (Wildman–Crippen MR) is 86.3 cm³/mol. The first-order valence-corrected chi connectivity index (χ1v) is 7.95. The van der Waals surface area contributed by atoms with E-state index in [1.54, 1.807) is 42.2 Å². The molecular weight excluding hydrogens is 354 g/mol. The number of nitrogens with one attached hydrogen (secondary N) is 1. The first-order chi connectivity index (χ1) is 10.2. The highest BCUT2D eigenvalue weighted by Crippen LogP contribution is 2.18. The van der Waals surface area contributed by atoms with Crippen LogP contribution in [-0.2, 0) is 0 Å². The van der Waals surface area contributed by atoms with E-state index in [4.69, 9.17) is 10.6 Å². The summed E-state index contributed by atoms with van der Waals surface area (Å²) in [6, 6.07) is 10.8. The van der Waals surface area contributed by atoms with E-state index in [2.05, 4.69) is 26.3 Å². The quantitative estimate of drug-likeness (QED) is 0.270. The van der Waals surface area contributed by atoms with Gasteiger partial charge in [0, 0.05) is 22.0 Å². The Morgan fingerprint density at radius 1 is 1.38 bits per heavy atom. The number of aromatic nitrogens is 1. The van der Waals surface area contributed by atoms with Gasteiger partial charge in [0.2, 0.25) is 0 Å². The summed E-state index contributed by atoms with van der Waals surface area (Å²) in [6.07, 6.45) is 1.76. The molecule has 2 rings (SSSR count). The number of pyridine rings is 1. The summed E-state index contributed by atoms with van der Waals surface area (Å²) in [4.78, 5) is 15.7. The van der Waals surface area contributed by atoms with Gasteiger partial charge in [-0.1, -0.05) is 6.07 Å². The second kappa shape index (κ2) is 8.02. The second-order valence-electron chi connectivity index (χ2n) is 4.01. The van der Waals surface area contributed by atoms with Crippen LogP contribution >= 0.6 is 27.7 Å². The van der Waals surface area contributed by atoms with E-state index in [9.17, 15) is 4.79 Å². The van der Waals surface area contributed by atoms with E-state index >= 15 is 0 Å². The van der Waals surface area contributed by atoms with Crippen molar-refractivity contribution in [2.45, 2.75) is 5.03 Å². The van der Waals surface area contributed by atoms with Crippen LogP contribution in [-0.4, -0.2) is 23.3 Å². The largest absolute Gasteiger partial charge is 0.493 e. The van der Waals surface area contributed by atoms with Gasteiger partial charge in [-0.3, -0.25) is 10.2 Å². The molecule has 0 spiro atoms. The van der Waals surface area contributed by atoms with Gasteiger partial charge in [0.25, 0.3) is 5.91 Å². The number of thioether (sulfide) groups is 1. The topological polar surface area (TPSA) is 77.2 Å².